The van der Waals surface area contributed by atoms with Crippen molar-refractivity contribution in [2.75, 3.05) is 36.0 Å². The molecule has 0 amide bonds. The van der Waals surface area contributed by atoms with Crippen molar-refractivity contribution in [1.29, 1.82) is 5.26 Å². The summed E-state index contributed by atoms with van der Waals surface area (Å²) in [5.74, 6) is 1.06. The highest BCUT2D eigenvalue weighted by Gasteiger charge is 2.19. The minimum absolute atomic E-state index is 0.264. The summed E-state index contributed by atoms with van der Waals surface area (Å²) in [5, 5.41) is 18.7. The lowest BCUT2D eigenvalue weighted by Crippen LogP contribution is -2.46. The summed E-state index contributed by atoms with van der Waals surface area (Å²) in [6.07, 6.45) is 0. The second-order valence-corrected chi connectivity index (χ2v) is 5.51. The van der Waals surface area contributed by atoms with E-state index in [0.29, 0.717) is 5.02 Å². The van der Waals surface area contributed by atoms with E-state index in [4.69, 9.17) is 16.9 Å². The maximum atomic E-state index is 9.35. The van der Waals surface area contributed by atoms with Gasteiger partial charge in [0.05, 0.1) is 5.02 Å². The normalized spacial score (nSPS) is 14.7. The first-order chi connectivity index (χ1) is 10.7. The summed E-state index contributed by atoms with van der Waals surface area (Å²) in [6.45, 7) is 3.36. The van der Waals surface area contributed by atoms with Crippen LogP contribution in [0.5, 0.6) is 5.75 Å². The van der Waals surface area contributed by atoms with E-state index in [0.717, 1.165) is 37.7 Å². The molecule has 0 saturated carbocycles. The molecule has 2 heterocycles. The lowest BCUT2D eigenvalue weighted by Gasteiger charge is -2.36. The van der Waals surface area contributed by atoms with E-state index in [9.17, 15) is 5.11 Å². The zero-order chi connectivity index (χ0) is 15.5. The largest absolute Gasteiger partial charge is 0.508 e. The number of benzene rings is 1. The number of halogens is 1. The van der Waals surface area contributed by atoms with Crippen molar-refractivity contribution in [3.8, 4) is 11.8 Å². The number of hydrogen-bond acceptors (Lipinski definition) is 5. The summed E-state index contributed by atoms with van der Waals surface area (Å²) >= 11 is 5.92. The third-order valence-electron chi connectivity index (χ3n) is 3.76. The second-order valence-electron chi connectivity index (χ2n) is 5.10. The van der Waals surface area contributed by atoms with Gasteiger partial charge in [-0.3, -0.25) is 0 Å². The fourth-order valence-corrected chi connectivity index (χ4v) is 2.69. The Morgan fingerprint density at radius 2 is 1.64 bits per heavy atom. The predicted octanol–water partition coefficient (Wildman–Crippen LogP) is 2.64. The fourth-order valence-electron chi connectivity index (χ4n) is 2.54. The lowest BCUT2D eigenvalue weighted by atomic mass is 10.2. The molecule has 5 nitrogen and oxygen atoms in total. The number of rotatable bonds is 2. The minimum Gasteiger partial charge on any atom is -0.508 e. The smallest absolute Gasteiger partial charge is 0.161 e. The number of nitriles is 1. The van der Waals surface area contributed by atoms with Gasteiger partial charge in [-0.05, 0) is 36.4 Å². The van der Waals surface area contributed by atoms with Crippen molar-refractivity contribution in [3.05, 3.63) is 47.1 Å². The fraction of sp³-hybridized carbons (Fsp3) is 0.250. The quantitative estimate of drug-likeness (QED) is 0.923. The molecular formula is C16H15ClN4O. The van der Waals surface area contributed by atoms with Crippen LogP contribution in [0, 0.1) is 11.3 Å². The van der Waals surface area contributed by atoms with Crippen LogP contribution in [0.2, 0.25) is 5.02 Å². The summed E-state index contributed by atoms with van der Waals surface area (Å²) in [4.78, 5) is 8.71. The standard InChI is InChI=1S/C16H15ClN4O/c17-14-5-6-16(19-15(14)11-18)21-9-7-20(8-10-21)12-1-3-13(22)4-2-12/h1-6,22H,7-10H2. The number of nitrogens with zero attached hydrogens (tertiary/aromatic N) is 4. The van der Waals surface area contributed by atoms with Crippen LogP contribution in [0.25, 0.3) is 0 Å². The Balaban J connectivity index is 1.69. The van der Waals surface area contributed by atoms with E-state index in [-0.39, 0.29) is 11.4 Å². The van der Waals surface area contributed by atoms with Crippen molar-refractivity contribution in [2.24, 2.45) is 0 Å². The van der Waals surface area contributed by atoms with E-state index in [1.807, 2.05) is 24.3 Å². The van der Waals surface area contributed by atoms with Gasteiger partial charge in [0.15, 0.2) is 5.69 Å². The van der Waals surface area contributed by atoms with E-state index < -0.39 is 0 Å². The first-order valence-corrected chi connectivity index (χ1v) is 7.41. The highest BCUT2D eigenvalue weighted by molar-refractivity contribution is 6.31. The minimum atomic E-state index is 0.264. The van der Waals surface area contributed by atoms with Gasteiger partial charge in [0.1, 0.15) is 17.6 Å². The number of piperazine rings is 1. The molecule has 2 aromatic rings. The number of phenols is 1. The van der Waals surface area contributed by atoms with Gasteiger partial charge in [0.25, 0.3) is 0 Å². The molecule has 3 rings (SSSR count). The van der Waals surface area contributed by atoms with E-state index in [1.165, 1.54) is 0 Å². The second kappa shape index (κ2) is 6.12. The molecular weight excluding hydrogens is 300 g/mol. The monoisotopic (exact) mass is 314 g/mol. The lowest BCUT2D eigenvalue weighted by molar-refractivity contribution is 0.475. The Labute approximate surface area is 134 Å². The van der Waals surface area contributed by atoms with Gasteiger partial charge in [-0.15, -0.1) is 0 Å². The molecule has 0 unspecified atom stereocenters. The Kier molecular flexibility index (Phi) is 4.03. The highest BCUT2D eigenvalue weighted by atomic mass is 35.5. The van der Waals surface area contributed by atoms with Crippen LogP contribution in [0.4, 0.5) is 11.5 Å². The molecule has 1 fully saturated rings. The van der Waals surface area contributed by atoms with Gasteiger partial charge < -0.3 is 14.9 Å². The van der Waals surface area contributed by atoms with Crippen LogP contribution in [0.15, 0.2) is 36.4 Å². The third kappa shape index (κ3) is 2.92. The van der Waals surface area contributed by atoms with E-state index >= 15 is 0 Å². The molecule has 0 bridgehead atoms. The number of phenolic OH excluding ortho intramolecular Hbond substituents is 1. The first kappa shape index (κ1) is 14.5. The zero-order valence-electron chi connectivity index (χ0n) is 11.9. The molecule has 0 spiro atoms. The Morgan fingerprint density at radius 3 is 2.27 bits per heavy atom. The maximum absolute atomic E-state index is 9.35. The highest BCUT2D eigenvalue weighted by Crippen LogP contribution is 2.23. The average Bonchev–Trinajstić information content (AvgIpc) is 2.56. The van der Waals surface area contributed by atoms with Crippen LogP contribution in [-0.4, -0.2) is 36.3 Å². The third-order valence-corrected chi connectivity index (χ3v) is 4.06. The molecule has 22 heavy (non-hydrogen) atoms. The Hall–Kier alpha value is -2.45. The number of aromatic hydroxyl groups is 1. The van der Waals surface area contributed by atoms with Gasteiger partial charge in [-0.25, -0.2) is 4.98 Å². The average molecular weight is 315 g/mol. The molecule has 1 aliphatic rings. The molecule has 1 aromatic heterocycles. The van der Waals surface area contributed by atoms with E-state index in [1.54, 1.807) is 18.2 Å². The predicted molar refractivity (Wildman–Crippen MR) is 86.5 cm³/mol. The molecule has 112 valence electrons. The van der Waals surface area contributed by atoms with Crippen LogP contribution in [-0.2, 0) is 0 Å². The van der Waals surface area contributed by atoms with Crippen molar-refractivity contribution in [1.82, 2.24) is 4.98 Å². The van der Waals surface area contributed by atoms with Crippen LogP contribution in [0.1, 0.15) is 5.69 Å². The molecule has 0 aliphatic carbocycles. The van der Waals surface area contributed by atoms with Gasteiger partial charge in [0.2, 0.25) is 0 Å². The van der Waals surface area contributed by atoms with Gasteiger partial charge in [0, 0.05) is 31.9 Å². The van der Waals surface area contributed by atoms with Crippen LogP contribution < -0.4 is 9.80 Å². The number of hydrogen-bond donors (Lipinski definition) is 1. The Morgan fingerprint density at radius 1 is 1.00 bits per heavy atom. The molecule has 6 heteroatoms. The van der Waals surface area contributed by atoms with Crippen molar-refractivity contribution < 1.29 is 5.11 Å². The summed E-state index contributed by atoms with van der Waals surface area (Å²) in [6, 6.07) is 12.8. The summed E-state index contributed by atoms with van der Waals surface area (Å²) < 4.78 is 0. The van der Waals surface area contributed by atoms with E-state index in [2.05, 4.69) is 14.8 Å². The number of anilines is 2. The molecule has 0 atom stereocenters. The SMILES string of the molecule is N#Cc1nc(N2CCN(c3ccc(O)cc3)CC2)ccc1Cl. The van der Waals surface area contributed by atoms with Gasteiger partial charge in [-0.2, -0.15) is 5.26 Å². The topological polar surface area (TPSA) is 63.4 Å². The van der Waals surface area contributed by atoms with Crippen molar-refractivity contribution >= 4 is 23.1 Å². The van der Waals surface area contributed by atoms with Crippen LogP contribution >= 0.6 is 11.6 Å². The molecule has 1 saturated heterocycles. The number of aromatic nitrogens is 1. The van der Waals surface area contributed by atoms with Gasteiger partial charge in [-0.1, -0.05) is 11.6 Å². The van der Waals surface area contributed by atoms with Crippen molar-refractivity contribution in [2.45, 2.75) is 0 Å². The van der Waals surface area contributed by atoms with Crippen molar-refractivity contribution in [3.63, 3.8) is 0 Å². The molecule has 1 aliphatic heterocycles. The summed E-state index contributed by atoms with van der Waals surface area (Å²) in [7, 11) is 0. The first-order valence-electron chi connectivity index (χ1n) is 7.03. The van der Waals surface area contributed by atoms with Crippen LogP contribution in [0.3, 0.4) is 0 Å². The summed E-state index contributed by atoms with van der Waals surface area (Å²) in [5.41, 5.74) is 1.36. The Bertz CT molecular complexity index is 703. The zero-order valence-corrected chi connectivity index (χ0v) is 12.7. The molecule has 1 aromatic carbocycles. The molecule has 0 radical (unpaired) electrons. The maximum Gasteiger partial charge on any atom is 0.161 e. The van der Waals surface area contributed by atoms with Gasteiger partial charge >= 0.3 is 0 Å². The number of pyridine rings is 1. The molecule has 1 N–H and O–H groups in total.